The maximum Gasteiger partial charge on any atom is 0.0581 e. The van der Waals surface area contributed by atoms with Gasteiger partial charge in [0.25, 0.3) is 0 Å². The summed E-state index contributed by atoms with van der Waals surface area (Å²) in [7, 11) is 0. The lowest BCUT2D eigenvalue weighted by Crippen LogP contribution is -2.53. The Balaban J connectivity index is 2.09. The van der Waals surface area contributed by atoms with Crippen molar-refractivity contribution in [3.63, 3.8) is 0 Å². The molecule has 0 aliphatic heterocycles. The fraction of sp³-hybridized carbons (Fsp3) is 1.00. The van der Waals surface area contributed by atoms with Crippen molar-refractivity contribution >= 4 is 0 Å². The van der Waals surface area contributed by atoms with Crippen LogP contribution in [-0.2, 0) is 0 Å². The van der Waals surface area contributed by atoms with Gasteiger partial charge in [0, 0.05) is 5.41 Å². The zero-order valence-corrected chi connectivity index (χ0v) is 9.88. The average Bonchev–Trinajstić information content (AvgIpc) is 2.31. The fourth-order valence-electron chi connectivity index (χ4n) is 3.90. The first kappa shape index (κ1) is 11.4. The normalized spacial score (nSPS) is 28.2. The van der Waals surface area contributed by atoms with E-state index in [-0.39, 0.29) is 6.17 Å². The topological polar surface area (TPSA) is 52.0 Å². The van der Waals surface area contributed by atoms with Crippen molar-refractivity contribution in [2.45, 2.75) is 70.4 Å². The molecule has 2 heteroatoms. The second-order valence-corrected chi connectivity index (χ2v) is 5.65. The summed E-state index contributed by atoms with van der Waals surface area (Å²) in [6, 6.07) is 0. The Labute approximate surface area is 93.8 Å². The number of hydrogen-bond acceptors (Lipinski definition) is 2. The standard InChI is InChI=1S/C13H26N2/c14-12(15)13(9-5-2-6-10-13)11-7-3-1-4-8-11/h11-12H,1-10,14-15H2. The SMILES string of the molecule is NC(N)C1(C2CCCCC2)CCCCC1. The van der Waals surface area contributed by atoms with Gasteiger partial charge in [0.2, 0.25) is 0 Å². The predicted molar refractivity (Wildman–Crippen MR) is 64.3 cm³/mol. The molecule has 4 N–H and O–H groups in total. The van der Waals surface area contributed by atoms with Crippen molar-refractivity contribution in [1.29, 1.82) is 0 Å². The molecule has 0 saturated heterocycles. The molecule has 0 aromatic heterocycles. The van der Waals surface area contributed by atoms with Gasteiger partial charge in [-0.05, 0) is 31.6 Å². The van der Waals surface area contributed by atoms with Crippen molar-refractivity contribution in [2.24, 2.45) is 22.8 Å². The molecule has 0 atom stereocenters. The summed E-state index contributed by atoms with van der Waals surface area (Å²) in [5, 5.41) is 0. The lowest BCUT2D eigenvalue weighted by molar-refractivity contribution is 0.0409. The molecule has 0 spiro atoms. The molecule has 0 aromatic rings. The van der Waals surface area contributed by atoms with Crippen LogP contribution in [0.25, 0.3) is 0 Å². The van der Waals surface area contributed by atoms with E-state index in [1.54, 1.807) is 0 Å². The summed E-state index contributed by atoms with van der Waals surface area (Å²) in [6.07, 6.45) is 13.6. The van der Waals surface area contributed by atoms with E-state index < -0.39 is 0 Å². The molecule has 2 fully saturated rings. The van der Waals surface area contributed by atoms with E-state index in [4.69, 9.17) is 11.5 Å². The molecule has 2 aliphatic carbocycles. The van der Waals surface area contributed by atoms with Gasteiger partial charge < -0.3 is 11.5 Å². The Hall–Kier alpha value is -0.0800. The molecule has 2 rings (SSSR count). The smallest absolute Gasteiger partial charge is 0.0581 e. The van der Waals surface area contributed by atoms with E-state index in [9.17, 15) is 0 Å². The van der Waals surface area contributed by atoms with Gasteiger partial charge in [-0.25, -0.2) is 0 Å². The van der Waals surface area contributed by atoms with E-state index in [0.29, 0.717) is 5.41 Å². The second-order valence-electron chi connectivity index (χ2n) is 5.65. The number of nitrogens with two attached hydrogens (primary N) is 2. The van der Waals surface area contributed by atoms with Crippen LogP contribution in [0, 0.1) is 11.3 Å². The van der Waals surface area contributed by atoms with Crippen LogP contribution in [0.15, 0.2) is 0 Å². The number of hydrogen-bond donors (Lipinski definition) is 2. The third-order valence-corrected chi connectivity index (χ3v) is 4.87. The van der Waals surface area contributed by atoms with E-state index in [0.717, 1.165) is 5.92 Å². The van der Waals surface area contributed by atoms with Crippen LogP contribution in [-0.4, -0.2) is 6.17 Å². The Morgan fingerprint density at radius 2 is 1.33 bits per heavy atom. The van der Waals surface area contributed by atoms with Crippen molar-refractivity contribution in [3.8, 4) is 0 Å². The molecule has 2 aliphatic rings. The molecular formula is C13H26N2. The summed E-state index contributed by atoms with van der Waals surface area (Å²) in [5.41, 5.74) is 12.5. The van der Waals surface area contributed by atoms with Gasteiger partial charge in [-0.3, -0.25) is 0 Å². The van der Waals surface area contributed by atoms with Gasteiger partial charge >= 0.3 is 0 Å². The van der Waals surface area contributed by atoms with Crippen LogP contribution in [0.1, 0.15) is 64.2 Å². The van der Waals surface area contributed by atoms with Crippen LogP contribution in [0.2, 0.25) is 0 Å². The maximum atomic E-state index is 6.11. The summed E-state index contributed by atoms with van der Waals surface area (Å²) in [5.74, 6) is 0.826. The molecule has 0 bridgehead atoms. The predicted octanol–water partition coefficient (Wildman–Crippen LogP) is 2.76. The monoisotopic (exact) mass is 210 g/mol. The van der Waals surface area contributed by atoms with Crippen molar-refractivity contribution < 1.29 is 0 Å². The van der Waals surface area contributed by atoms with Crippen LogP contribution >= 0.6 is 0 Å². The van der Waals surface area contributed by atoms with Gasteiger partial charge in [0.1, 0.15) is 0 Å². The summed E-state index contributed by atoms with van der Waals surface area (Å²) >= 11 is 0. The van der Waals surface area contributed by atoms with Crippen LogP contribution in [0.5, 0.6) is 0 Å². The highest BCUT2D eigenvalue weighted by Gasteiger charge is 2.43. The Morgan fingerprint density at radius 3 is 1.87 bits per heavy atom. The Kier molecular flexibility index (Phi) is 3.68. The van der Waals surface area contributed by atoms with E-state index in [2.05, 4.69) is 0 Å². The lowest BCUT2D eigenvalue weighted by Gasteiger charge is -2.48. The van der Waals surface area contributed by atoms with Crippen molar-refractivity contribution in [1.82, 2.24) is 0 Å². The van der Waals surface area contributed by atoms with Gasteiger partial charge in [0.15, 0.2) is 0 Å². The Morgan fingerprint density at radius 1 is 0.800 bits per heavy atom. The van der Waals surface area contributed by atoms with E-state index >= 15 is 0 Å². The third kappa shape index (κ3) is 2.21. The molecule has 0 aromatic carbocycles. The first-order valence-electron chi connectivity index (χ1n) is 6.77. The minimum absolute atomic E-state index is 0.0825. The number of rotatable bonds is 2. The first-order valence-corrected chi connectivity index (χ1v) is 6.77. The zero-order valence-electron chi connectivity index (χ0n) is 9.88. The fourth-order valence-corrected chi connectivity index (χ4v) is 3.90. The highest BCUT2D eigenvalue weighted by Crippen LogP contribution is 2.48. The highest BCUT2D eigenvalue weighted by molar-refractivity contribution is 4.94. The zero-order chi connectivity index (χ0) is 10.7. The molecule has 0 unspecified atom stereocenters. The van der Waals surface area contributed by atoms with Crippen molar-refractivity contribution in [2.75, 3.05) is 0 Å². The maximum absolute atomic E-state index is 6.11. The third-order valence-electron chi connectivity index (χ3n) is 4.87. The summed E-state index contributed by atoms with van der Waals surface area (Å²) in [4.78, 5) is 0. The van der Waals surface area contributed by atoms with Gasteiger partial charge in [0.05, 0.1) is 6.17 Å². The first-order chi connectivity index (χ1) is 7.26. The summed E-state index contributed by atoms with van der Waals surface area (Å²) < 4.78 is 0. The minimum Gasteiger partial charge on any atom is -0.316 e. The largest absolute Gasteiger partial charge is 0.316 e. The van der Waals surface area contributed by atoms with E-state index in [1.807, 2.05) is 0 Å². The minimum atomic E-state index is -0.0825. The lowest BCUT2D eigenvalue weighted by atomic mass is 9.60. The quantitative estimate of drug-likeness (QED) is 0.689. The molecule has 0 radical (unpaired) electrons. The van der Waals surface area contributed by atoms with Gasteiger partial charge in [-0.15, -0.1) is 0 Å². The molecule has 0 amide bonds. The van der Waals surface area contributed by atoms with Gasteiger partial charge in [-0.1, -0.05) is 38.5 Å². The molecule has 2 nitrogen and oxygen atoms in total. The average molecular weight is 210 g/mol. The van der Waals surface area contributed by atoms with Crippen LogP contribution < -0.4 is 11.5 Å². The second kappa shape index (κ2) is 4.84. The molecule has 0 heterocycles. The van der Waals surface area contributed by atoms with Crippen LogP contribution in [0.3, 0.4) is 0 Å². The van der Waals surface area contributed by atoms with Gasteiger partial charge in [-0.2, -0.15) is 0 Å². The molecular weight excluding hydrogens is 184 g/mol. The van der Waals surface area contributed by atoms with Crippen molar-refractivity contribution in [3.05, 3.63) is 0 Å². The Bertz CT molecular complexity index is 189. The molecule has 2 saturated carbocycles. The van der Waals surface area contributed by atoms with Crippen LogP contribution in [0.4, 0.5) is 0 Å². The molecule has 15 heavy (non-hydrogen) atoms. The van der Waals surface area contributed by atoms with E-state index in [1.165, 1.54) is 64.2 Å². The molecule has 88 valence electrons. The highest BCUT2D eigenvalue weighted by atomic mass is 14.9. The summed E-state index contributed by atoms with van der Waals surface area (Å²) in [6.45, 7) is 0.